The maximum absolute atomic E-state index is 13.0. The molecular weight excluding hydrogens is 381 g/mol. The van der Waals surface area contributed by atoms with Crippen molar-refractivity contribution in [2.75, 3.05) is 0 Å². The topological polar surface area (TPSA) is 59.2 Å². The molecule has 0 radical (unpaired) electrons. The number of hydrogen-bond acceptors (Lipinski definition) is 4. The molecule has 3 rings (SSSR count). The van der Waals surface area contributed by atoms with Crippen LogP contribution < -0.4 is 0 Å². The highest BCUT2D eigenvalue weighted by Crippen LogP contribution is 2.26. The van der Waals surface area contributed by atoms with Crippen molar-refractivity contribution < 1.29 is 13.6 Å². The van der Waals surface area contributed by atoms with Crippen LogP contribution in [0.5, 0.6) is 0 Å². The van der Waals surface area contributed by atoms with Crippen molar-refractivity contribution in [1.29, 1.82) is 0 Å². The summed E-state index contributed by atoms with van der Waals surface area (Å²) in [6, 6.07) is 13.0. The molecule has 0 aliphatic rings. The van der Waals surface area contributed by atoms with Gasteiger partial charge in [0.05, 0.1) is 17.1 Å². The van der Waals surface area contributed by atoms with Crippen LogP contribution >= 0.6 is 11.6 Å². The second kappa shape index (κ2) is 8.80. The minimum absolute atomic E-state index is 0.0824. The fourth-order valence-corrected chi connectivity index (χ4v) is 2.78. The van der Waals surface area contributed by atoms with Gasteiger partial charge in [-0.05, 0) is 49.8 Å². The van der Waals surface area contributed by atoms with Crippen LogP contribution in [-0.4, -0.2) is 27.0 Å². The first kappa shape index (κ1) is 19.8. The zero-order valence-corrected chi connectivity index (χ0v) is 16.2. The average Bonchev–Trinajstić information content (AvgIpc) is 3.14. The van der Waals surface area contributed by atoms with E-state index < -0.39 is 0 Å². The van der Waals surface area contributed by atoms with E-state index in [0.717, 1.165) is 5.56 Å². The molecule has 0 fully saturated rings. The van der Waals surface area contributed by atoms with Gasteiger partial charge in [0.1, 0.15) is 5.82 Å². The second-order valence-corrected chi connectivity index (χ2v) is 6.83. The van der Waals surface area contributed by atoms with Crippen LogP contribution in [-0.2, 0) is 11.3 Å². The highest BCUT2D eigenvalue weighted by molar-refractivity contribution is 6.33. The Kier molecular flexibility index (Phi) is 6.21. The number of nitrogens with zero attached hydrogens (tertiary/aromatic N) is 3. The Labute approximate surface area is 167 Å². The zero-order valence-electron chi connectivity index (χ0n) is 15.5. The van der Waals surface area contributed by atoms with Gasteiger partial charge in [0.2, 0.25) is 17.7 Å². The first-order valence-electron chi connectivity index (χ1n) is 8.75. The average molecular weight is 400 g/mol. The van der Waals surface area contributed by atoms with Crippen LogP contribution in [0.1, 0.15) is 25.3 Å². The molecule has 7 heteroatoms. The molecule has 0 aliphatic carbocycles. The molecule has 0 spiro atoms. The van der Waals surface area contributed by atoms with Crippen LogP contribution in [0.25, 0.3) is 17.5 Å². The number of carbonyl (C=O) groups is 1. The van der Waals surface area contributed by atoms with E-state index in [1.165, 1.54) is 18.2 Å². The maximum atomic E-state index is 13.0. The fraction of sp³-hybridized carbons (Fsp3) is 0.190. The third kappa shape index (κ3) is 4.84. The van der Waals surface area contributed by atoms with E-state index in [9.17, 15) is 9.18 Å². The summed E-state index contributed by atoms with van der Waals surface area (Å²) in [4.78, 5) is 14.2. The van der Waals surface area contributed by atoms with E-state index in [-0.39, 0.29) is 24.3 Å². The molecule has 2 aromatic carbocycles. The van der Waals surface area contributed by atoms with Crippen molar-refractivity contribution in [3.8, 4) is 11.5 Å². The van der Waals surface area contributed by atoms with E-state index in [1.807, 2.05) is 26.0 Å². The minimum atomic E-state index is -0.321. The summed E-state index contributed by atoms with van der Waals surface area (Å²) in [6.07, 6.45) is 3.08. The van der Waals surface area contributed by atoms with E-state index >= 15 is 0 Å². The molecule has 0 aliphatic heterocycles. The van der Waals surface area contributed by atoms with E-state index in [4.69, 9.17) is 16.0 Å². The molecule has 0 bridgehead atoms. The van der Waals surface area contributed by atoms with Crippen molar-refractivity contribution in [2.45, 2.75) is 26.4 Å². The number of amides is 1. The lowest BCUT2D eigenvalue weighted by atomic mass is 10.2. The Morgan fingerprint density at radius 2 is 1.89 bits per heavy atom. The Bertz CT molecular complexity index is 983. The first-order valence-corrected chi connectivity index (χ1v) is 9.13. The second-order valence-electron chi connectivity index (χ2n) is 6.43. The monoisotopic (exact) mass is 399 g/mol. The lowest BCUT2D eigenvalue weighted by Gasteiger charge is -2.23. The Hall–Kier alpha value is -2.99. The largest absolute Gasteiger partial charge is 0.419 e. The number of halogens is 2. The van der Waals surface area contributed by atoms with Crippen molar-refractivity contribution in [2.24, 2.45) is 0 Å². The Balaban J connectivity index is 1.73. The molecule has 3 aromatic rings. The molecule has 144 valence electrons. The molecule has 0 saturated carbocycles. The number of rotatable bonds is 6. The predicted octanol–water partition coefficient (Wildman–Crippen LogP) is 4.98. The number of aromatic nitrogens is 2. The summed E-state index contributed by atoms with van der Waals surface area (Å²) in [5.41, 5.74) is 1.37. The number of carbonyl (C=O) groups excluding carboxylic acids is 1. The molecule has 0 saturated heterocycles. The molecule has 0 atom stereocenters. The summed E-state index contributed by atoms with van der Waals surface area (Å²) in [5.74, 6) is 0.0839. The lowest BCUT2D eigenvalue weighted by molar-refractivity contribution is -0.128. The summed E-state index contributed by atoms with van der Waals surface area (Å²) in [6.45, 7) is 3.96. The molecule has 5 nitrogen and oxygen atoms in total. The molecular formula is C21H19ClFN3O2. The van der Waals surface area contributed by atoms with Gasteiger partial charge in [0.25, 0.3) is 0 Å². The molecule has 1 heterocycles. The summed E-state index contributed by atoms with van der Waals surface area (Å²) >= 11 is 6.16. The van der Waals surface area contributed by atoms with E-state index in [0.29, 0.717) is 22.4 Å². The van der Waals surface area contributed by atoms with Gasteiger partial charge in [-0.1, -0.05) is 35.9 Å². The van der Waals surface area contributed by atoms with Gasteiger partial charge in [0, 0.05) is 12.1 Å². The third-order valence-corrected chi connectivity index (χ3v) is 4.40. The van der Waals surface area contributed by atoms with Crippen LogP contribution in [0.2, 0.25) is 5.02 Å². The SMILES string of the molecule is CC(C)N(Cc1nnc(-c2ccccc2Cl)o1)C(=O)/C=C/c1ccc(F)cc1. The number of benzene rings is 2. The zero-order chi connectivity index (χ0) is 20.1. The normalized spacial score (nSPS) is 11.3. The molecule has 0 unspecified atom stereocenters. The highest BCUT2D eigenvalue weighted by Gasteiger charge is 2.19. The third-order valence-electron chi connectivity index (χ3n) is 4.07. The lowest BCUT2D eigenvalue weighted by Crippen LogP contribution is -2.35. The van der Waals surface area contributed by atoms with Crippen LogP contribution in [0.15, 0.2) is 59.0 Å². The van der Waals surface area contributed by atoms with E-state index in [1.54, 1.807) is 35.2 Å². The van der Waals surface area contributed by atoms with Gasteiger partial charge in [-0.25, -0.2) is 4.39 Å². The van der Waals surface area contributed by atoms with Crippen LogP contribution in [0, 0.1) is 5.82 Å². The summed E-state index contributed by atoms with van der Waals surface area (Å²) in [5, 5.41) is 8.57. The van der Waals surface area contributed by atoms with Gasteiger partial charge in [-0.2, -0.15) is 0 Å². The van der Waals surface area contributed by atoms with Gasteiger partial charge >= 0.3 is 0 Å². The standard InChI is InChI=1S/C21H19ClFN3O2/c1-14(2)26(20(27)12-9-15-7-10-16(23)11-8-15)13-19-24-25-21(28-19)17-5-3-4-6-18(17)22/h3-12,14H,13H2,1-2H3/b12-9+. The van der Waals surface area contributed by atoms with Gasteiger partial charge in [-0.3, -0.25) is 4.79 Å². The van der Waals surface area contributed by atoms with Crippen molar-refractivity contribution in [3.05, 3.63) is 76.9 Å². The van der Waals surface area contributed by atoms with Crippen molar-refractivity contribution in [3.63, 3.8) is 0 Å². The molecule has 0 N–H and O–H groups in total. The smallest absolute Gasteiger partial charge is 0.249 e. The maximum Gasteiger partial charge on any atom is 0.249 e. The minimum Gasteiger partial charge on any atom is -0.419 e. The first-order chi connectivity index (χ1) is 13.4. The molecule has 1 amide bonds. The Morgan fingerprint density at radius 1 is 1.18 bits per heavy atom. The highest BCUT2D eigenvalue weighted by atomic mass is 35.5. The fourth-order valence-electron chi connectivity index (χ4n) is 2.56. The molecule has 1 aromatic heterocycles. The molecule has 28 heavy (non-hydrogen) atoms. The van der Waals surface area contributed by atoms with Gasteiger partial charge in [0.15, 0.2) is 0 Å². The van der Waals surface area contributed by atoms with Crippen LogP contribution in [0.4, 0.5) is 4.39 Å². The quantitative estimate of drug-likeness (QED) is 0.548. The van der Waals surface area contributed by atoms with Crippen LogP contribution in [0.3, 0.4) is 0 Å². The van der Waals surface area contributed by atoms with Gasteiger partial charge < -0.3 is 9.32 Å². The van der Waals surface area contributed by atoms with E-state index in [2.05, 4.69) is 10.2 Å². The summed E-state index contributed by atoms with van der Waals surface area (Å²) < 4.78 is 18.7. The van der Waals surface area contributed by atoms with Gasteiger partial charge in [-0.15, -0.1) is 10.2 Å². The Morgan fingerprint density at radius 3 is 2.57 bits per heavy atom. The van der Waals surface area contributed by atoms with Crippen molar-refractivity contribution >= 4 is 23.6 Å². The summed E-state index contributed by atoms with van der Waals surface area (Å²) in [7, 11) is 0. The van der Waals surface area contributed by atoms with Crippen molar-refractivity contribution in [1.82, 2.24) is 15.1 Å². The predicted molar refractivity (Wildman–Crippen MR) is 106 cm³/mol. The number of hydrogen-bond donors (Lipinski definition) is 0.